The lowest BCUT2D eigenvalue weighted by Crippen LogP contribution is -2.42. The number of ketones is 1. The first-order valence-electron chi connectivity index (χ1n) is 5.19. The minimum Gasteiger partial charge on any atom is -0.468 e. The van der Waals surface area contributed by atoms with Crippen LogP contribution in [0, 0.1) is 11.8 Å². The molecular weight excluding hydrogens is 242 g/mol. The van der Waals surface area contributed by atoms with Crippen molar-refractivity contribution in [3.05, 3.63) is 0 Å². The molecule has 7 nitrogen and oxygen atoms in total. The average molecular weight is 259 g/mol. The molecule has 0 saturated heterocycles. The Morgan fingerprint density at radius 1 is 0.944 bits per heavy atom. The number of ether oxygens (including phenoxy) is 2. The second-order valence-corrected chi connectivity index (χ2v) is 3.88. The summed E-state index contributed by atoms with van der Waals surface area (Å²) >= 11 is 0. The molecule has 0 aromatic carbocycles. The average Bonchev–Trinajstić information content (AvgIpc) is 2.35. The molecule has 0 bridgehead atoms. The van der Waals surface area contributed by atoms with Crippen molar-refractivity contribution >= 4 is 23.6 Å². The van der Waals surface area contributed by atoms with Crippen LogP contribution in [0.2, 0.25) is 0 Å². The topological polar surface area (TPSA) is 90.0 Å². The summed E-state index contributed by atoms with van der Waals surface area (Å²) < 4.78 is 8.86. The van der Waals surface area contributed by atoms with Gasteiger partial charge in [-0.2, -0.15) is 0 Å². The number of esters is 2. The van der Waals surface area contributed by atoms with Crippen LogP contribution in [-0.2, 0) is 28.7 Å². The van der Waals surface area contributed by atoms with Crippen LogP contribution in [0.5, 0.6) is 0 Å². The van der Waals surface area contributed by atoms with Crippen molar-refractivity contribution in [1.82, 2.24) is 4.90 Å². The Morgan fingerprint density at radius 2 is 1.33 bits per heavy atom. The van der Waals surface area contributed by atoms with Gasteiger partial charge < -0.3 is 14.4 Å². The zero-order valence-corrected chi connectivity index (χ0v) is 11.1. The second-order valence-electron chi connectivity index (χ2n) is 3.88. The molecule has 1 amide bonds. The Morgan fingerprint density at radius 3 is 1.61 bits per heavy atom. The SMILES string of the molecule is COC(=O)C(C(=O)OC)[C@@H](C)C(=O)C(=O)N(C)C. The third kappa shape index (κ3) is 3.54. The number of Topliss-reactive ketones (excluding diaryl/α,β-unsaturated/α-hetero) is 1. The van der Waals surface area contributed by atoms with Crippen LogP contribution in [0.15, 0.2) is 0 Å². The van der Waals surface area contributed by atoms with Crippen LogP contribution >= 0.6 is 0 Å². The summed E-state index contributed by atoms with van der Waals surface area (Å²) in [4.78, 5) is 47.2. The zero-order chi connectivity index (χ0) is 14.5. The number of hydrogen-bond donors (Lipinski definition) is 0. The van der Waals surface area contributed by atoms with Crippen LogP contribution < -0.4 is 0 Å². The maximum absolute atomic E-state index is 11.8. The molecule has 0 aromatic heterocycles. The minimum atomic E-state index is -1.43. The number of amides is 1. The minimum absolute atomic E-state index is 0.791. The molecular formula is C11H17NO6. The molecule has 0 aliphatic carbocycles. The second kappa shape index (κ2) is 6.73. The summed E-state index contributed by atoms with van der Waals surface area (Å²) in [7, 11) is 4.98. The maximum atomic E-state index is 11.8. The number of carbonyl (C=O) groups is 4. The van der Waals surface area contributed by atoms with Gasteiger partial charge in [0.25, 0.3) is 5.91 Å². The van der Waals surface area contributed by atoms with Crippen LogP contribution in [0.4, 0.5) is 0 Å². The van der Waals surface area contributed by atoms with E-state index in [1.807, 2.05) is 0 Å². The summed E-state index contributed by atoms with van der Waals surface area (Å²) in [5.41, 5.74) is 0. The molecule has 0 rings (SSSR count). The number of nitrogens with zero attached hydrogens (tertiary/aromatic N) is 1. The summed E-state index contributed by atoms with van der Waals surface area (Å²) in [5.74, 6) is -6.03. The Balaban J connectivity index is 5.14. The molecule has 102 valence electrons. The molecule has 0 unspecified atom stereocenters. The van der Waals surface area contributed by atoms with Gasteiger partial charge in [-0.15, -0.1) is 0 Å². The van der Waals surface area contributed by atoms with Gasteiger partial charge >= 0.3 is 11.9 Å². The first kappa shape index (κ1) is 16.1. The van der Waals surface area contributed by atoms with Crippen molar-refractivity contribution in [1.29, 1.82) is 0 Å². The first-order chi connectivity index (χ1) is 8.27. The van der Waals surface area contributed by atoms with Gasteiger partial charge in [0.1, 0.15) is 0 Å². The van der Waals surface area contributed by atoms with Crippen LogP contribution in [-0.4, -0.2) is 56.8 Å². The van der Waals surface area contributed by atoms with E-state index in [4.69, 9.17) is 0 Å². The molecule has 0 N–H and O–H groups in total. The van der Waals surface area contributed by atoms with E-state index < -0.39 is 35.5 Å². The van der Waals surface area contributed by atoms with Crippen molar-refractivity contribution < 1.29 is 28.7 Å². The highest BCUT2D eigenvalue weighted by atomic mass is 16.5. The zero-order valence-electron chi connectivity index (χ0n) is 11.1. The monoisotopic (exact) mass is 259 g/mol. The third-order valence-electron chi connectivity index (χ3n) is 2.44. The molecule has 7 heteroatoms. The van der Waals surface area contributed by atoms with E-state index >= 15 is 0 Å². The van der Waals surface area contributed by atoms with Gasteiger partial charge in [-0.3, -0.25) is 19.2 Å². The van der Waals surface area contributed by atoms with E-state index in [-0.39, 0.29) is 0 Å². The molecule has 0 aromatic rings. The molecule has 0 saturated carbocycles. The van der Waals surface area contributed by atoms with Gasteiger partial charge in [0, 0.05) is 20.0 Å². The lowest BCUT2D eigenvalue weighted by atomic mass is 9.89. The predicted octanol–water partition coefficient (Wildman–Crippen LogP) is -0.758. The summed E-state index contributed by atoms with van der Waals surface area (Å²) in [6.45, 7) is 1.31. The lowest BCUT2D eigenvalue weighted by molar-refractivity contribution is -0.164. The number of methoxy groups -OCH3 is 2. The van der Waals surface area contributed by atoms with Gasteiger partial charge in [-0.1, -0.05) is 6.92 Å². The van der Waals surface area contributed by atoms with Crippen molar-refractivity contribution in [3.8, 4) is 0 Å². The van der Waals surface area contributed by atoms with Crippen LogP contribution in [0.1, 0.15) is 6.92 Å². The molecule has 0 heterocycles. The van der Waals surface area contributed by atoms with Crippen LogP contribution in [0.3, 0.4) is 0 Å². The fourth-order valence-corrected chi connectivity index (χ4v) is 1.32. The number of rotatable bonds is 5. The number of hydrogen-bond acceptors (Lipinski definition) is 6. The molecule has 0 aliphatic heterocycles. The van der Waals surface area contributed by atoms with Crippen LogP contribution in [0.25, 0.3) is 0 Å². The Kier molecular flexibility index (Phi) is 6.01. The van der Waals surface area contributed by atoms with Crippen molar-refractivity contribution in [3.63, 3.8) is 0 Å². The van der Waals surface area contributed by atoms with E-state index in [2.05, 4.69) is 9.47 Å². The van der Waals surface area contributed by atoms with Gasteiger partial charge in [0.15, 0.2) is 5.92 Å². The van der Waals surface area contributed by atoms with Crippen molar-refractivity contribution in [2.75, 3.05) is 28.3 Å². The maximum Gasteiger partial charge on any atom is 0.320 e. The Hall–Kier alpha value is -1.92. The van der Waals surface area contributed by atoms with Gasteiger partial charge in [-0.05, 0) is 0 Å². The first-order valence-corrected chi connectivity index (χ1v) is 5.19. The van der Waals surface area contributed by atoms with E-state index in [0.717, 1.165) is 19.1 Å². The fraction of sp³-hybridized carbons (Fsp3) is 0.636. The number of carbonyl (C=O) groups excluding carboxylic acids is 4. The molecule has 18 heavy (non-hydrogen) atoms. The summed E-state index contributed by atoms with van der Waals surface area (Å²) in [6, 6.07) is 0. The Labute approximate surface area is 105 Å². The quantitative estimate of drug-likeness (QED) is 0.366. The highest BCUT2D eigenvalue weighted by Crippen LogP contribution is 2.17. The molecule has 1 atom stereocenters. The Bertz CT molecular complexity index is 347. The molecule has 0 aliphatic rings. The highest BCUT2D eigenvalue weighted by molar-refractivity contribution is 6.37. The normalized spacial score (nSPS) is 11.7. The largest absolute Gasteiger partial charge is 0.468 e. The molecule has 0 spiro atoms. The lowest BCUT2D eigenvalue weighted by Gasteiger charge is -2.19. The fourth-order valence-electron chi connectivity index (χ4n) is 1.32. The van der Waals surface area contributed by atoms with E-state index in [1.165, 1.54) is 21.0 Å². The van der Waals surface area contributed by atoms with E-state index in [1.54, 1.807) is 0 Å². The predicted molar refractivity (Wildman–Crippen MR) is 60.4 cm³/mol. The van der Waals surface area contributed by atoms with Gasteiger partial charge in [0.2, 0.25) is 5.78 Å². The third-order valence-corrected chi connectivity index (χ3v) is 2.44. The van der Waals surface area contributed by atoms with Crippen molar-refractivity contribution in [2.24, 2.45) is 11.8 Å². The summed E-state index contributed by atoms with van der Waals surface area (Å²) in [6.07, 6.45) is 0. The van der Waals surface area contributed by atoms with E-state index in [0.29, 0.717) is 0 Å². The molecule has 0 fully saturated rings. The van der Waals surface area contributed by atoms with E-state index in [9.17, 15) is 19.2 Å². The highest BCUT2D eigenvalue weighted by Gasteiger charge is 2.40. The van der Waals surface area contributed by atoms with Crippen molar-refractivity contribution in [2.45, 2.75) is 6.92 Å². The van der Waals surface area contributed by atoms with Gasteiger partial charge in [-0.25, -0.2) is 0 Å². The van der Waals surface area contributed by atoms with Gasteiger partial charge in [0.05, 0.1) is 14.2 Å². The standard InChI is InChI=1S/C11H17NO6/c1-6(8(13)9(14)12(2)3)7(10(15)17-4)11(16)18-5/h6-7H,1-5H3/t6-/m1/s1. The number of likely N-dealkylation sites (N-methyl/N-ethyl adjacent to an activating group) is 1. The summed E-state index contributed by atoms with van der Waals surface area (Å²) in [5, 5.41) is 0. The molecule has 0 radical (unpaired) electrons. The smallest absolute Gasteiger partial charge is 0.320 e.